The third-order valence-corrected chi connectivity index (χ3v) is 2.69. The van der Waals surface area contributed by atoms with Crippen LogP contribution in [0.25, 0.3) is 11.3 Å². The van der Waals surface area contributed by atoms with E-state index in [1.54, 1.807) is 18.3 Å². The van der Waals surface area contributed by atoms with Gasteiger partial charge in [-0.2, -0.15) is 0 Å². The van der Waals surface area contributed by atoms with Crippen LogP contribution in [0.4, 0.5) is 4.39 Å². The van der Waals surface area contributed by atoms with E-state index in [1.165, 1.54) is 12.1 Å². The molecule has 0 amide bonds. The van der Waals surface area contributed by atoms with E-state index in [0.29, 0.717) is 5.69 Å². The highest BCUT2D eigenvalue weighted by Crippen LogP contribution is 2.23. The number of aromatic carboxylic acids is 1. The van der Waals surface area contributed by atoms with Crippen molar-refractivity contribution < 1.29 is 14.3 Å². The second-order valence-electron chi connectivity index (χ2n) is 3.36. The van der Waals surface area contributed by atoms with Gasteiger partial charge < -0.3 is 5.11 Å². The lowest BCUT2D eigenvalue weighted by atomic mass is 10.1. The van der Waals surface area contributed by atoms with Gasteiger partial charge >= 0.3 is 5.97 Å². The Kier molecular flexibility index (Phi) is 3.19. The van der Waals surface area contributed by atoms with Gasteiger partial charge in [0.2, 0.25) is 0 Å². The van der Waals surface area contributed by atoms with E-state index in [1.807, 2.05) is 0 Å². The summed E-state index contributed by atoms with van der Waals surface area (Å²) in [7, 11) is 0. The number of hydrogen-bond acceptors (Lipinski definition) is 2. The molecule has 0 aliphatic carbocycles. The molecule has 1 heterocycles. The highest BCUT2D eigenvalue weighted by Gasteiger charge is 2.10. The van der Waals surface area contributed by atoms with Crippen LogP contribution in [-0.4, -0.2) is 16.1 Å². The maximum absolute atomic E-state index is 13.7. The summed E-state index contributed by atoms with van der Waals surface area (Å²) >= 11 is 3.23. The standard InChI is InChI=1S/C12H7BrFNO2/c13-8-2-4-11(15-6-8)9-3-1-7(12(16)17)5-10(9)14/h1-6H,(H,16,17). The van der Waals surface area contributed by atoms with Crippen LogP contribution in [0.5, 0.6) is 0 Å². The Morgan fingerprint density at radius 1 is 1.29 bits per heavy atom. The number of rotatable bonds is 2. The van der Waals surface area contributed by atoms with Gasteiger partial charge in [-0.05, 0) is 46.3 Å². The van der Waals surface area contributed by atoms with Crippen LogP contribution in [0.15, 0.2) is 41.0 Å². The van der Waals surface area contributed by atoms with Crippen molar-refractivity contribution in [1.82, 2.24) is 4.98 Å². The summed E-state index contributed by atoms with van der Waals surface area (Å²) in [6.45, 7) is 0. The molecule has 17 heavy (non-hydrogen) atoms. The minimum absolute atomic E-state index is 0.0802. The molecule has 0 atom stereocenters. The third-order valence-electron chi connectivity index (χ3n) is 2.22. The summed E-state index contributed by atoms with van der Waals surface area (Å²) in [4.78, 5) is 14.7. The van der Waals surface area contributed by atoms with Gasteiger partial charge in [0.05, 0.1) is 11.3 Å². The van der Waals surface area contributed by atoms with Gasteiger partial charge in [0.15, 0.2) is 0 Å². The number of carboxylic acid groups (broad SMARTS) is 1. The highest BCUT2D eigenvalue weighted by molar-refractivity contribution is 9.10. The zero-order chi connectivity index (χ0) is 12.4. The molecule has 0 bridgehead atoms. The second kappa shape index (κ2) is 4.63. The maximum atomic E-state index is 13.7. The van der Waals surface area contributed by atoms with Crippen molar-refractivity contribution in [2.45, 2.75) is 0 Å². The van der Waals surface area contributed by atoms with E-state index in [0.717, 1.165) is 10.5 Å². The lowest BCUT2D eigenvalue weighted by Gasteiger charge is -2.03. The zero-order valence-corrected chi connectivity index (χ0v) is 10.1. The van der Waals surface area contributed by atoms with Crippen LogP contribution in [-0.2, 0) is 0 Å². The summed E-state index contributed by atoms with van der Waals surface area (Å²) in [6, 6.07) is 7.15. The van der Waals surface area contributed by atoms with E-state index in [-0.39, 0.29) is 11.1 Å². The first-order chi connectivity index (χ1) is 8.08. The second-order valence-corrected chi connectivity index (χ2v) is 4.28. The first-order valence-electron chi connectivity index (χ1n) is 4.72. The molecule has 0 radical (unpaired) electrons. The molecule has 0 unspecified atom stereocenters. The Morgan fingerprint density at radius 3 is 2.59 bits per heavy atom. The molecule has 2 aromatic rings. The quantitative estimate of drug-likeness (QED) is 0.924. The number of hydrogen-bond donors (Lipinski definition) is 1. The predicted octanol–water partition coefficient (Wildman–Crippen LogP) is 3.35. The van der Waals surface area contributed by atoms with Crippen molar-refractivity contribution in [2.75, 3.05) is 0 Å². The predicted molar refractivity (Wildman–Crippen MR) is 64.3 cm³/mol. The number of aromatic nitrogens is 1. The fourth-order valence-electron chi connectivity index (χ4n) is 1.39. The Morgan fingerprint density at radius 2 is 2.06 bits per heavy atom. The number of pyridine rings is 1. The van der Waals surface area contributed by atoms with Crippen molar-refractivity contribution in [1.29, 1.82) is 0 Å². The molecule has 2 rings (SSSR count). The molecule has 3 nitrogen and oxygen atoms in total. The number of benzene rings is 1. The van der Waals surface area contributed by atoms with Crippen LogP contribution in [0.1, 0.15) is 10.4 Å². The Labute approximate surface area is 105 Å². The van der Waals surface area contributed by atoms with Gasteiger partial charge in [-0.15, -0.1) is 0 Å². The fraction of sp³-hybridized carbons (Fsp3) is 0. The number of nitrogens with zero attached hydrogens (tertiary/aromatic N) is 1. The van der Waals surface area contributed by atoms with Crippen LogP contribution < -0.4 is 0 Å². The monoisotopic (exact) mass is 295 g/mol. The first-order valence-corrected chi connectivity index (χ1v) is 5.52. The maximum Gasteiger partial charge on any atom is 0.335 e. The van der Waals surface area contributed by atoms with E-state index in [2.05, 4.69) is 20.9 Å². The molecular weight excluding hydrogens is 289 g/mol. The van der Waals surface area contributed by atoms with Crippen LogP contribution in [0.2, 0.25) is 0 Å². The fourth-order valence-corrected chi connectivity index (χ4v) is 1.63. The number of carboxylic acids is 1. The van der Waals surface area contributed by atoms with Gasteiger partial charge in [-0.25, -0.2) is 9.18 Å². The van der Waals surface area contributed by atoms with Crippen molar-refractivity contribution in [3.05, 3.63) is 52.4 Å². The molecule has 1 aromatic carbocycles. The largest absolute Gasteiger partial charge is 0.478 e. The smallest absolute Gasteiger partial charge is 0.335 e. The van der Waals surface area contributed by atoms with Crippen molar-refractivity contribution in [3.63, 3.8) is 0 Å². The van der Waals surface area contributed by atoms with Gasteiger partial charge in [0.1, 0.15) is 5.82 Å². The molecule has 0 aliphatic rings. The molecule has 1 aromatic heterocycles. The van der Waals surface area contributed by atoms with Crippen LogP contribution in [0, 0.1) is 5.82 Å². The SMILES string of the molecule is O=C(O)c1ccc(-c2ccc(Br)cn2)c(F)c1. The van der Waals surface area contributed by atoms with E-state index < -0.39 is 11.8 Å². The number of carbonyl (C=O) groups is 1. The van der Waals surface area contributed by atoms with E-state index >= 15 is 0 Å². The molecule has 1 N–H and O–H groups in total. The summed E-state index contributed by atoms with van der Waals surface area (Å²) in [5.74, 6) is -1.75. The lowest BCUT2D eigenvalue weighted by Crippen LogP contribution is -1.98. The molecule has 0 aliphatic heterocycles. The summed E-state index contributed by atoms with van der Waals surface area (Å²) in [5.41, 5.74) is 0.661. The van der Waals surface area contributed by atoms with Gasteiger partial charge in [-0.3, -0.25) is 4.98 Å². The first kappa shape index (κ1) is 11.7. The van der Waals surface area contributed by atoms with Crippen LogP contribution >= 0.6 is 15.9 Å². The minimum atomic E-state index is -1.15. The van der Waals surface area contributed by atoms with Crippen molar-refractivity contribution in [3.8, 4) is 11.3 Å². The minimum Gasteiger partial charge on any atom is -0.478 e. The topological polar surface area (TPSA) is 50.2 Å². The Balaban J connectivity index is 2.46. The number of halogens is 2. The molecule has 0 saturated carbocycles. The average Bonchev–Trinajstić information content (AvgIpc) is 2.30. The van der Waals surface area contributed by atoms with E-state index in [9.17, 15) is 9.18 Å². The molecular formula is C12H7BrFNO2. The third kappa shape index (κ3) is 2.50. The van der Waals surface area contributed by atoms with Gasteiger partial charge in [0.25, 0.3) is 0 Å². The molecule has 0 spiro atoms. The normalized spacial score (nSPS) is 10.2. The Hall–Kier alpha value is -1.75. The van der Waals surface area contributed by atoms with Crippen LogP contribution in [0.3, 0.4) is 0 Å². The molecule has 5 heteroatoms. The van der Waals surface area contributed by atoms with Crippen molar-refractivity contribution in [2.24, 2.45) is 0 Å². The zero-order valence-electron chi connectivity index (χ0n) is 8.52. The van der Waals surface area contributed by atoms with Gasteiger partial charge in [0, 0.05) is 16.2 Å². The molecule has 0 saturated heterocycles. The summed E-state index contributed by atoms with van der Waals surface area (Å²) in [5, 5.41) is 8.72. The molecule has 0 fully saturated rings. The highest BCUT2D eigenvalue weighted by atomic mass is 79.9. The average molecular weight is 296 g/mol. The summed E-state index contributed by atoms with van der Waals surface area (Å²) in [6.07, 6.45) is 1.56. The van der Waals surface area contributed by atoms with E-state index in [4.69, 9.17) is 5.11 Å². The van der Waals surface area contributed by atoms with Gasteiger partial charge in [-0.1, -0.05) is 0 Å². The Bertz CT molecular complexity index is 569. The van der Waals surface area contributed by atoms with Crippen molar-refractivity contribution >= 4 is 21.9 Å². The molecule has 86 valence electrons. The lowest BCUT2D eigenvalue weighted by molar-refractivity contribution is 0.0696. The summed E-state index contributed by atoms with van der Waals surface area (Å²) < 4.78 is 14.5.